The third-order valence-corrected chi connectivity index (χ3v) is 10.3. The van der Waals surface area contributed by atoms with Crippen molar-refractivity contribution >= 4 is 17.8 Å². The Morgan fingerprint density at radius 1 is 1.17 bits per heavy atom. The second kappa shape index (κ2) is 7.60. The lowest BCUT2D eigenvalue weighted by atomic mass is 9.35. The number of rotatable bonds is 3. The predicted octanol–water partition coefficient (Wildman–Crippen LogP) is 2.64. The van der Waals surface area contributed by atoms with Crippen LogP contribution in [0.4, 0.5) is 0 Å². The van der Waals surface area contributed by atoms with Gasteiger partial charge in [-0.3, -0.25) is 4.79 Å². The lowest BCUT2D eigenvalue weighted by Crippen LogP contribution is -2.85. The number of aliphatic hydroxyl groups excluding tert-OH is 2. The van der Waals surface area contributed by atoms with E-state index in [0.717, 1.165) is 5.56 Å². The van der Waals surface area contributed by atoms with Gasteiger partial charge in [0.25, 0.3) is 0 Å². The maximum atomic E-state index is 14.1. The average molecular weight is 495 g/mol. The van der Waals surface area contributed by atoms with E-state index in [0.29, 0.717) is 25.7 Å². The molecule has 1 aromatic carbocycles. The van der Waals surface area contributed by atoms with E-state index in [1.165, 1.54) is 6.08 Å². The summed E-state index contributed by atoms with van der Waals surface area (Å²) in [5.74, 6) is -4.79. The molecule has 6 aliphatic rings. The van der Waals surface area contributed by atoms with Gasteiger partial charge in [-0.15, -0.1) is 0 Å². The van der Waals surface area contributed by atoms with Crippen molar-refractivity contribution in [3.8, 4) is 0 Å². The van der Waals surface area contributed by atoms with Gasteiger partial charge in [0.2, 0.25) is 5.79 Å². The van der Waals surface area contributed by atoms with Crippen molar-refractivity contribution in [1.29, 1.82) is 0 Å². The summed E-state index contributed by atoms with van der Waals surface area (Å²) < 4.78 is 12.0. The minimum absolute atomic E-state index is 0.0429. The van der Waals surface area contributed by atoms with Gasteiger partial charge >= 0.3 is 5.97 Å². The van der Waals surface area contributed by atoms with Crippen LogP contribution in [0.25, 0.3) is 6.08 Å². The highest BCUT2D eigenvalue weighted by Crippen LogP contribution is 2.76. The van der Waals surface area contributed by atoms with E-state index in [9.17, 15) is 24.9 Å². The summed E-state index contributed by atoms with van der Waals surface area (Å²) in [5, 5.41) is 35.4. The third kappa shape index (κ3) is 2.67. The summed E-state index contributed by atoms with van der Waals surface area (Å²) in [6, 6.07) is 9.31. The topological polar surface area (TPSA) is 113 Å². The smallest absolute Gasteiger partial charge is 0.331 e. The van der Waals surface area contributed by atoms with Gasteiger partial charge in [0.05, 0.1) is 12.7 Å². The number of hydrogen-bond acceptors (Lipinski definition) is 7. The second-order valence-electron chi connectivity index (χ2n) is 12.1. The maximum Gasteiger partial charge on any atom is 0.331 e. The Balaban J connectivity index is 1.46. The molecule has 1 unspecified atom stereocenters. The number of ether oxygens (including phenoxy) is 2. The van der Waals surface area contributed by atoms with Crippen LogP contribution in [-0.2, 0) is 19.1 Å². The van der Waals surface area contributed by atoms with Crippen LogP contribution in [-0.4, -0.2) is 57.8 Å². The number of esters is 1. The molecule has 4 bridgehead atoms. The van der Waals surface area contributed by atoms with Crippen LogP contribution in [0, 0.1) is 34.0 Å². The molecule has 0 radical (unpaired) electrons. The van der Waals surface area contributed by atoms with E-state index in [2.05, 4.69) is 6.58 Å². The van der Waals surface area contributed by atoms with Crippen LogP contribution >= 0.6 is 0 Å². The van der Waals surface area contributed by atoms with Crippen molar-refractivity contribution in [1.82, 2.24) is 0 Å². The molecule has 2 aliphatic heterocycles. The van der Waals surface area contributed by atoms with E-state index < -0.39 is 69.9 Å². The number of fused-ring (bicyclic) bond motifs is 2. The Morgan fingerprint density at radius 3 is 2.61 bits per heavy atom. The fourth-order valence-corrected chi connectivity index (χ4v) is 8.93. The molecule has 4 saturated carbocycles. The van der Waals surface area contributed by atoms with Crippen LogP contribution in [0.15, 0.2) is 48.6 Å². The number of Topliss-reactive ketones (excluding diaryl/α,β-unsaturated/α-hetero) is 1. The Morgan fingerprint density at radius 2 is 1.89 bits per heavy atom. The number of benzene rings is 1. The van der Waals surface area contributed by atoms with Crippen molar-refractivity contribution in [2.45, 2.75) is 63.6 Å². The molecule has 2 saturated heterocycles. The van der Waals surface area contributed by atoms with Crippen LogP contribution in [0.3, 0.4) is 0 Å². The first-order valence-electron chi connectivity index (χ1n) is 12.9. The normalized spacial score (nSPS) is 46.5. The number of hydrogen-bond donors (Lipinski definition) is 3. The fraction of sp³-hybridized carbons (Fsp3) is 0.586. The van der Waals surface area contributed by atoms with E-state index in [4.69, 9.17) is 9.47 Å². The zero-order chi connectivity index (χ0) is 25.7. The minimum Gasteiger partial charge on any atom is -0.457 e. The largest absolute Gasteiger partial charge is 0.457 e. The average Bonchev–Trinajstić information content (AvgIpc) is 2.96. The quantitative estimate of drug-likeness (QED) is 0.437. The number of carbonyl (C=O) groups excluding carboxylic acids is 2. The number of carbonyl (C=O) groups is 2. The van der Waals surface area contributed by atoms with Gasteiger partial charge < -0.3 is 24.8 Å². The van der Waals surface area contributed by atoms with E-state index in [1.807, 2.05) is 44.2 Å². The van der Waals surface area contributed by atoms with Crippen LogP contribution in [0.2, 0.25) is 0 Å². The highest BCUT2D eigenvalue weighted by Gasteiger charge is 2.87. The molecule has 7 nitrogen and oxygen atoms in total. The molecule has 0 aromatic heterocycles. The van der Waals surface area contributed by atoms with Crippen molar-refractivity contribution in [2.24, 2.45) is 34.0 Å². The zero-order valence-corrected chi connectivity index (χ0v) is 20.7. The molecular weight excluding hydrogens is 460 g/mol. The Kier molecular flexibility index (Phi) is 5.08. The van der Waals surface area contributed by atoms with E-state index >= 15 is 0 Å². The Labute approximate surface area is 210 Å². The number of aliphatic hydroxyl groups is 3. The maximum absolute atomic E-state index is 14.1. The Bertz CT molecular complexity index is 1160. The molecule has 4 aliphatic carbocycles. The molecule has 192 valence electrons. The third-order valence-electron chi connectivity index (χ3n) is 10.3. The van der Waals surface area contributed by atoms with Crippen molar-refractivity contribution in [2.75, 3.05) is 6.61 Å². The molecule has 6 fully saturated rings. The summed E-state index contributed by atoms with van der Waals surface area (Å²) in [7, 11) is 0. The van der Waals surface area contributed by atoms with Crippen molar-refractivity contribution in [3.05, 3.63) is 54.1 Å². The van der Waals surface area contributed by atoms with Crippen molar-refractivity contribution in [3.63, 3.8) is 0 Å². The lowest BCUT2D eigenvalue weighted by Gasteiger charge is -2.74. The summed E-state index contributed by atoms with van der Waals surface area (Å²) in [6.45, 7) is 8.16. The summed E-state index contributed by atoms with van der Waals surface area (Å²) >= 11 is 0. The summed E-state index contributed by atoms with van der Waals surface area (Å²) in [4.78, 5) is 27.1. The first-order valence-corrected chi connectivity index (χ1v) is 12.9. The molecule has 3 N–H and O–H groups in total. The van der Waals surface area contributed by atoms with Gasteiger partial charge in [0, 0.05) is 23.3 Å². The highest BCUT2D eigenvalue weighted by molar-refractivity contribution is 6.05. The number of ketones is 1. The van der Waals surface area contributed by atoms with Gasteiger partial charge in [0.15, 0.2) is 5.78 Å². The summed E-state index contributed by atoms with van der Waals surface area (Å²) in [6.07, 6.45) is 1.94. The highest BCUT2D eigenvalue weighted by atomic mass is 16.6. The van der Waals surface area contributed by atoms with Gasteiger partial charge in [-0.1, -0.05) is 50.8 Å². The molecule has 7 heteroatoms. The zero-order valence-electron chi connectivity index (χ0n) is 20.7. The first kappa shape index (κ1) is 24.0. The molecule has 0 amide bonds. The van der Waals surface area contributed by atoms with Gasteiger partial charge in [-0.25, -0.2) is 4.79 Å². The molecular formula is C29H34O7. The van der Waals surface area contributed by atoms with E-state index in [-0.39, 0.29) is 12.2 Å². The molecule has 1 aromatic rings. The molecule has 7 rings (SSSR count). The van der Waals surface area contributed by atoms with Crippen LogP contribution < -0.4 is 0 Å². The fourth-order valence-electron chi connectivity index (χ4n) is 8.93. The van der Waals surface area contributed by atoms with Crippen LogP contribution in [0.5, 0.6) is 0 Å². The molecule has 9 atom stereocenters. The van der Waals surface area contributed by atoms with Crippen LogP contribution in [0.1, 0.15) is 45.1 Å². The van der Waals surface area contributed by atoms with Gasteiger partial charge in [0.1, 0.15) is 17.6 Å². The van der Waals surface area contributed by atoms with Crippen molar-refractivity contribution < 1.29 is 34.4 Å². The first-order chi connectivity index (χ1) is 17.0. The van der Waals surface area contributed by atoms with Gasteiger partial charge in [-0.05, 0) is 54.2 Å². The second-order valence-corrected chi connectivity index (χ2v) is 12.1. The monoisotopic (exact) mass is 494 g/mol. The minimum atomic E-state index is -2.25. The lowest BCUT2D eigenvalue weighted by molar-refractivity contribution is -0.458. The predicted molar refractivity (Wildman–Crippen MR) is 130 cm³/mol. The van der Waals surface area contributed by atoms with E-state index in [1.54, 1.807) is 6.08 Å². The summed E-state index contributed by atoms with van der Waals surface area (Å²) in [5.41, 5.74) is -1.94. The molecule has 2 spiro atoms. The standard InChI is InChI=1S/C29H34O7/c1-16-18-10-11-19-27-15-35-29(34,24(33)22(27)26(2,3)14-13-20(27)30)28(19,23(16)32)25(18)36-21(31)12-9-17-7-5-4-6-8-17/h4-9,12,18-20,22,24-25,30,33-34H,1,10-11,13-15H2,2-3H3/b12-9+/t18-,19?,20-,22+,24-,25+,27+,28-,29-/m0/s1. The molecule has 2 heterocycles. The SMILES string of the molecule is C=C1C(=O)[C@@]23C(CC[C@@H]1[C@H]2OC(=O)/C=C/c1ccccc1)[C@@]12CO[C@@]3(O)[C@@H](O)[C@@H]1C(C)(C)CC[C@@H]2O. The Hall–Kier alpha value is -2.32. The van der Waals surface area contributed by atoms with Gasteiger partial charge in [-0.2, -0.15) is 0 Å². The molecule has 36 heavy (non-hydrogen) atoms.